The van der Waals surface area contributed by atoms with Gasteiger partial charge in [0.15, 0.2) is 0 Å². The van der Waals surface area contributed by atoms with Crippen LogP contribution in [0.1, 0.15) is 52.3 Å². The Labute approximate surface area is 170 Å². The van der Waals surface area contributed by atoms with Gasteiger partial charge in [-0.15, -0.1) is 0 Å². The van der Waals surface area contributed by atoms with E-state index in [1.165, 1.54) is 12.1 Å². The quantitative estimate of drug-likeness (QED) is 0.617. The van der Waals surface area contributed by atoms with Crippen LogP contribution in [0.4, 0.5) is 10.3 Å². The molecule has 3 aromatic rings. The van der Waals surface area contributed by atoms with Crippen LogP contribution < -0.4 is 11.1 Å². The van der Waals surface area contributed by atoms with Gasteiger partial charge in [-0.1, -0.05) is 0 Å². The van der Waals surface area contributed by atoms with E-state index < -0.39 is 0 Å². The molecule has 1 saturated heterocycles. The van der Waals surface area contributed by atoms with Crippen LogP contribution in [0.2, 0.25) is 0 Å². The highest BCUT2D eigenvalue weighted by molar-refractivity contribution is 5.77. The molecule has 1 aliphatic rings. The van der Waals surface area contributed by atoms with Crippen LogP contribution in [0.5, 0.6) is 0 Å². The van der Waals surface area contributed by atoms with Gasteiger partial charge in [0.2, 0.25) is 5.95 Å². The number of piperidine rings is 1. The van der Waals surface area contributed by atoms with Gasteiger partial charge in [-0.05, 0) is 70.9 Å². The smallest absolute Gasteiger partial charge is 0.220 e. The molecular weight excluding hydrogens is 367 g/mol. The maximum Gasteiger partial charge on any atom is 0.220 e. The zero-order chi connectivity index (χ0) is 20.8. The fraction of sp³-hybridized carbons (Fsp3) is 0.409. The Bertz CT molecular complexity index is 1010. The maximum atomic E-state index is 13.5. The number of nitrogen functional groups attached to an aromatic ring is 1. The third-order valence-electron chi connectivity index (χ3n) is 5.35. The van der Waals surface area contributed by atoms with Crippen molar-refractivity contribution in [1.29, 1.82) is 0 Å². The number of aromatic amines is 1. The molecule has 0 bridgehead atoms. The molecule has 1 fully saturated rings. The number of hydrogen-bond donors (Lipinski definition) is 3. The summed E-state index contributed by atoms with van der Waals surface area (Å²) in [5.41, 5.74) is 8.81. The SMILES string of the molecule is CC1(C)CC(c2nc(-c3ccc(F)cc3)c(-c3ccnc(N)n3)[nH]2)CC(C)(C)N1. The lowest BCUT2D eigenvalue weighted by molar-refractivity contribution is 0.158. The molecule has 0 atom stereocenters. The second kappa shape index (κ2) is 6.91. The van der Waals surface area contributed by atoms with E-state index in [0.29, 0.717) is 5.69 Å². The van der Waals surface area contributed by atoms with Gasteiger partial charge in [0.1, 0.15) is 11.6 Å². The first-order valence-electron chi connectivity index (χ1n) is 9.86. The summed E-state index contributed by atoms with van der Waals surface area (Å²) in [7, 11) is 0. The Morgan fingerprint density at radius 3 is 2.28 bits per heavy atom. The summed E-state index contributed by atoms with van der Waals surface area (Å²) in [4.78, 5) is 16.8. The van der Waals surface area contributed by atoms with Gasteiger partial charge in [0, 0.05) is 28.8 Å². The number of benzene rings is 1. The first-order chi connectivity index (χ1) is 13.6. The normalized spacial score (nSPS) is 18.7. The monoisotopic (exact) mass is 394 g/mol. The van der Waals surface area contributed by atoms with E-state index in [-0.39, 0.29) is 28.8 Å². The zero-order valence-electron chi connectivity index (χ0n) is 17.3. The largest absolute Gasteiger partial charge is 0.368 e. The molecule has 0 aliphatic carbocycles. The lowest BCUT2D eigenvalue weighted by Crippen LogP contribution is -2.57. The predicted octanol–water partition coefficient (Wildman–Crippen LogP) is 4.28. The van der Waals surface area contributed by atoms with Crippen molar-refractivity contribution in [2.45, 2.75) is 57.5 Å². The van der Waals surface area contributed by atoms with E-state index in [4.69, 9.17) is 10.7 Å². The summed E-state index contributed by atoms with van der Waals surface area (Å²) in [6.45, 7) is 8.88. The van der Waals surface area contributed by atoms with Crippen LogP contribution >= 0.6 is 0 Å². The molecule has 0 spiro atoms. The summed E-state index contributed by atoms with van der Waals surface area (Å²) in [5, 5.41) is 3.71. The van der Waals surface area contributed by atoms with Crippen molar-refractivity contribution in [3.05, 3.63) is 48.2 Å². The van der Waals surface area contributed by atoms with Crippen LogP contribution in [-0.4, -0.2) is 31.0 Å². The van der Waals surface area contributed by atoms with E-state index in [2.05, 4.69) is 48.0 Å². The zero-order valence-corrected chi connectivity index (χ0v) is 17.3. The second-order valence-corrected chi connectivity index (χ2v) is 9.15. The molecule has 1 aromatic carbocycles. The van der Waals surface area contributed by atoms with E-state index in [1.54, 1.807) is 24.4 Å². The van der Waals surface area contributed by atoms with Crippen molar-refractivity contribution in [1.82, 2.24) is 25.3 Å². The number of rotatable bonds is 3. The molecule has 29 heavy (non-hydrogen) atoms. The topological polar surface area (TPSA) is 92.5 Å². The minimum Gasteiger partial charge on any atom is -0.368 e. The van der Waals surface area contributed by atoms with Crippen molar-refractivity contribution in [3.8, 4) is 22.6 Å². The first kappa shape index (κ1) is 19.5. The van der Waals surface area contributed by atoms with Crippen LogP contribution in [0.3, 0.4) is 0 Å². The van der Waals surface area contributed by atoms with Gasteiger partial charge in [-0.2, -0.15) is 0 Å². The Morgan fingerprint density at radius 2 is 1.66 bits per heavy atom. The maximum absolute atomic E-state index is 13.5. The number of aromatic nitrogens is 4. The molecule has 6 nitrogen and oxygen atoms in total. The molecule has 2 aromatic heterocycles. The van der Waals surface area contributed by atoms with Gasteiger partial charge in [0.05, 0.1) is 17.1 Å². The van der Waals surface area contributed by atoms with E-state index in [1.807, 2.05) is 0 Å². The first-order valence-corrected chi connectivity index (χ1v) is 9.86. The highest BCUT2D eigenvalue weighted by Crippen LogP contribution is 2.40. The van der Waals surface area contributed by atoms with Crippen LogP contribution in [0, 0.1) is 5.82 Å². The molecule has 0 radical (unpaired) electrons. The van der Waals surface area contributed by atoms with Crippen molar-refractivity contribution >= 4 is 5.95 Å². The van der Waals surface area contributed by atoms with E-state index >= 15 is 0 Å². The fourth-order valence-corrected chi connectivity index (χ4v) is 4.62. The van der Waals surface area contributed by atoms with E-state index in [0.717, 1.165) is 35.6 Å². The molecule has 4 N–H and O–H groups in total. The summed E-state index contributed by atoms with van der Waals surface area (Å²) < 4.78 is 13.5. The van der Waals surface area contributed by atoms with E-state index in [9.17, 15) is 4.39 Å². The molecule has 152 valence electrons. The number of nitrogens with one attached hydrogen (secondary N) is 2. The summed E-state index contributed by atoms with van der Waals surface area (Å²) in [5.74, 6) is 1.10. The minimum atomic E-state index is -0.279. The molecule has 0 saturated carbocycles. The van der Waals surface area contributed by atoms with Gasteiger partial charge in [-0.3, -0.25) is 0 Å². The Balaban J connectivity index is 1.82. The molecule has 0 unspecified atom stereocenters. The molecule has 7 heteroatoms. The number of H-pyrrole nitrogens is 1. The summed E-state index contributed by atoms with van der Waals surface area (Å²) in [6, 6.07) is 8.16. The van der Waals surface area contributed by atoms with Crippen molar-refractivity contribution in [2.24, 2.45) is 0 Å². The number of hydrogen-bond acceptors (Lipinski definition) is 5. The van der Waals surface area contributed by atoms with Crippen LogP contribution in [0.25, 0.3) is 22.6 Å². The number of imidazole rings is 1. The lowest BCUT2D eigenvalue weighted by Gasteiger charge is -2.46. The molecule has 3 heterocycles. The highest BCUT2D eigenvalue weighted by Gasteiger charge is 2.39. The van der Waals surface area contributed by atoms with Crippen molar-refractivity contribution in [2.75, 3.05) is 5.73 Å². The number of halogens is 1. The summed E-state index contributed by atoms with van der Waals surface area (Å²) in [6.07, 6.45) is 3.54. The third-order valence-corrected chi connectivity index (χ3v) is 5.35. The Morgan fingerprint density at radius 1 is 1.00 bits per heavy atom. The van der Waals surface area contributed by atoms with Gasteiger partial charge in [-0.25, -0.2) is 19.3 Å². The molecule has 1 aliphatic heterocycles. The van der Waals surface area contributed by atoms with Gasteiger partial charge in [0.25, 0.3) is 0 Å². The van der Waals surface area contributed by atoms with Crippen LogP contribution in [0.15, 0.2) is 36.5 Å². The van der Waals surface area contributed by atoms with Crippen LogP contribution in [-0.2, 0) is 0 Å². The highest BCUT2D eigenvalue weighted by atomic mass is 19.1. The third kappa shape index (κ3) is 4.15. The molecular formula is C22H27FN6. The average Bonchev–Trinajstić information content (AvgIpc) is 3.05. The fourth-order valence-electron chi connectivity index (χ4n) is 4.62. The second-order valence-electron chi connectivity index (χ2n) is 9.15. The molecule has 0 amide bonds. The Kier molecular flexibility index (Phi) is 4.65. The number of anilines is 1. The average molecular weight is 394 g/mol. The van der Waals surface area contributed by atoms with Gasteiger partial charge >= 0.3 is 0 Å². The number of nitrogens with zero attached hydrogens (tertiary/aromatic N) is 3. The Hall–Kier alpha value is -2.80. The minimum absolute atomic E-state index is 0.00520. The standard InChI is InChI=1S/C22H27FN6/c1-21(2)11-14(12-22(3,4)29-21)19-27-17(13-5-7-15(23)8-6-13)18(28-19)16-9-10-25-20(24)26-16/h5-10,14,29H,11-12H2,1-4H3,(H,27,28)(H2,24,25,26). The predicted molar refractivity (Wildman–Crippen MR) is 113 cm³/mol. The number of nitrogens with two attached hydrogens (primary N) is 1. The lowest BCUT2D eigenvalue weighted by atomic mass is 9.75. The molecule has 4 rings (SSSR count). The van der Waals surface area contributed by atoms with Gasteiger partial charge < -0.3 is 16.0 Å². The summed E-state index contributed by atoms with van der Waals surface area (Å²) >= 11 is 0. The van der Waals surface area contributed by atoms with Crippen molar-refractivity contribution in [3.63, 3.8) is 0 Å². The van der Waals surface area contributed by atoms with Crippen molar-refractivity contribution < 1.29 is 4.39 Å².